The van der Waals surface area contributed by atoms with Gasteiger partial charge in [-0.05, 0) is 61.9 Å². The van der Waals surface area contributed by atoms with E-state index in [9.17, 15) is 9.90 Å². The van der Waals surface area contributed by atoms with Crippen molar-refractivity contribution in [3.63, 3.8) is 0 Å². The van der Waals surface area contributed by atoms with Crippen molar-refractivity contribution in [3.8, 4) is 5.88 Å². The van der Waals surface area contributed by atoms with Crippen LogP contribution >= 0.6 is 9.24 Å². The first-order valence-electron chi connectivity index (χ1n) is 15.6. The van der Waals surface area contributed by atoms with E-state index in [1.165, 1.54) is 30.1 Å². The number of allylic oxidation sites excluding steroid dienone is 1. The molecule has 41 heavy (non-hydrogen) atoms. The Morgan fingerprint density at radius 2 is 1.76 bits per heavy atom. The number of rotatable bonds is 11. The molecule has 0 amide bonds. The Balaban J connectivity index is 0. The molecule has 1 aliphatic heterocycles. The second kappa shape index (κ2) is 27.7. The Morgan fingerprint density at radius 3 is 2.29 bits per heavy atom. The number of nitrogens with zero attached hydrogens (tertiary/aromatic N) is 2. The molecule has 2 N–H and O–H groups in total. The van der Waals surface area contributed by atoms with Crippen molar-refractivity contribution in [1.82, 2.24) is 9.97 Å². The van der Waals surface area contributed by atoms with Crippen molar-refractivity contribution in [1.29, 1.82) is 0 Å². The van der Waals surface area contributed by atoms with E-state index in [2.05, 4.69) is 59.9 Å². The van der Waals surface area contributed by atoms with E-state index in [1.54, 1.807) is 25.4 Å². The molecule has 3 heterocycles. The number of anilines is 1. The molecular weight excluding hydrogens is 529 g/mol. The zero-order chi connectivity index (χ0) is 31.5. The number of aromatic nitrogens is 2. The number of nitrogens with one attached hydrogen (secondary N) is 1. The Bertz CT molecular complexity index is 918. The van der Waals surface area contributed by atoms with Gasteiger partial charge in [0.1, 0.15) is 5.82 Å². The van der Waals surface area contributed by atoms with Crippen LogP contribution in [-0.2, 0) is 17.6 Å². The third kappa shape index (κ3) is 19.3. The van der Waals surface area contributed by atoms with Crippen molar-refractivity contribution in [2.24, 2.45) is 0 Å². The zero-order valence-electron chi connectivity index (χ0n) is 27.4. The van der Waals surface area contributed by atoms with Gasteiger partial charge >= 0.3 is 5.97 Å². The molecule has 0 aromatic carbocycles. The van der Waals surface area contributed by atoms with Crippen LogP contribution in [0.5, 0.6) is 5.88 Å². The van der Waals surface area contributed by atoms with Crippen molar-refractivity contribution in [3.05, 3.63) is 53.9 Å². The summed E-state index contributed by atoms with van der Waals surface area (Å²) in [4.78, 5) is 20.3. The summed E-state index contributed by atoms with van der Waals surface area (Å²) in [5.74, 6) is 0.839. The Labute approximate surface area is 254 Å². The zero-order valence-corrected chi connectivity index (χ0v) is 28.5. The number of carbonyl (C=O) groups is 1. The summed E-state index contributed by atoms with van der Waals surface area (Å²) in [6, 6.07) is 5.93. The fourth-order valence-corrected chi connectivity index (χ4v) is 4.53. The molecule has 0 fully saturated rings. The summed E-state index contributed by atoms with van der Waals surface area (Å²) in [7, 11) is 4.43. The van der Waals surface area contributed by atoms with Gasteiger partial charge in [0.25, 0.3) is 0 Å². The highest BCUT2D eigenvalue weighted by Gasteiger charge is 2.16. The summed E-state index contributed by atoms with van der Waals surface area (Å²) < 4.78 is 5.09. The molecule has 6 nitrogen and oxygen atoms in total. The third-order valence-electron chi connectivity index (χ3n) is 5.70. The molecule has 2 aromatic rings. The molecule has 0 bridgehead atoms. The van der Waals surface area contributed by atoms with Gasteiger partial charge < -0.3 is 15.2 Å². The lowest BCUT2D eigenvalue weighted by molar-refractivity contribution is -0.137. The highest BCUT2D eigenvalue weighted by atomic mass is 31.0. The first-order valence-corrected chi connectivity index (χ1v) is 16.2. The predicted octanol–water partition coefficient (Wildman–Crippen LogP) is 9.15. The van der Waals surface area contributed by atoms with Gasteiger partial charge in [-0.2, -0.15) is 0 Å². The molecule has 1 aliphatic rings. The van der Waals surface area contributed by atoms with Crippen LogP contribution in [-0.4, -0.2) is 34.7 Å². The lowest BCUT2D eigenvalue weighted by Gasteiger charge is -2.20. The number of unbranched alkanes of at least 4 members (excludes halogenated alkanes) is 3. The maximum Gasteiger partial charge on any atom is 0.303 e. The molecule has 3 rings (SSSR count). The first kappa shape index (κ1) is 40.7. The van der Waals surface area contributed by atoms with Crippen molar-refractivity contribution in [2.45, 2.75) is 125 Å². The number of fused-ring (bicyclic) bond motifs is 1. The van der Waals surface area contributed by atoms with E-state index in [-0.39, 0.29) is 12.3 Å². The van der Waals surface area contributed by atoms with Crippen LogP contribution in [0.15, 0.2) is 37.1 Å². The van der Waals surface area contributed by atoms with Crippen molar-refractivity contribution < 1.29 is 14.6 Å². The van der Waals surface area contributed by atoms with Gasteiger partial charge in [0, 0.05) is 30.1 Å². The molecule has 2 unspecified atom stereocenters. The summed E-state index contributed by atoms with van der Waals surface area (Å²) >= 11 is 0. The Morgan fingerprint density at radius 1 is 1.15 bits per heavy atom. The second-order valence-corrected chi connectivity index (χ2v) is 10.4. The number of pyridine rings is 2. The monoisotopic (exact) mass is 589 g/mol. The number of hydrogen-bond acceptors (Lipinski definition) is 5. The van der Waals surface area contributed by atoms with Gasteiger partial charge in [-0.25, -0.2) is 9.97 Å². The number of carboxylic acids is 1. The van der Waals surface area contributed by atoms with Crippen LogP contribution in [0, 0.1) is 0 Å². The second-order valence-electron chi connectivity index (χ2n) is 9.76. The number of aryl methyl sites for hydroxylation is 1. The van der Waals surface area contributed by atoms with Crippen LogP contribution in [0.3, 0.4) is 0 Å². The van der Waals surface area contributed by atoms with E-state index >= 15 is 0 Å². The van der Waals surface area contributed by atoms with E-state index in [1.807, 2.05) is 26.8 Å². The first-order chi connectivity index (χ1) is 19.8. The molecule has 0 saturated carbocycles. The van der Waals surface area contributed by atoms with Crippen LogP contribution in [0.1, 0.15) is 129 Å². The van der Waals surface area contributed by atoms with Gasteiger partial charge in [0.2, 0.25) is 5.88 Å². The summed E-state index contributed by atoms with van der Waals surface area (Å²) in [5.41, 5.74) is 3.46. The molecular formula is C34H60N3O3P. The highest BCUT2D eigenvalue weighted by molar-refractivity contribution is 7.27. The highest BCUT2D eigenvalue weighted by Crippen LogP contribution is 2.27. The van der Waals surface area contributed by atoms with E-state index < -0.39 is 5.97 Å². The average Bonchev–Trinajstić information content (AvgIpc) is 2.96. The topological polar surface area (TPSA) is 84.3 Å². The number of carboxylic acid groups (broad SMARTS) is 1. The standard InChI is InChI=1S/C23H32N3O3P.2C3H8.C3H6.C2H6/c1-29-21-11-10-17(15-25-21)16(13-22(27)28)7-4-2-3-5-8-18-14-20(30)19-9-6-12-24-23(19)26-18;3*1-3-2;1-2/h10-11,14-16H,2-9,12-13,30H2,1H3,(H,24,26)(H,27,28);2*3H2,1-2H3;3H,1H2,2H3;1-2H3. The van der Waals surface area contributed by atoms with Crippen LogP contribution in [0.2, 0.25) is 0 Å². The summed E-state index contributed by atoms with van der Waals surface area (Å²) in [6.07, 6.45) is 14.6. The minimum absolute atomic E-state index is 0.00559. The molecule has 0 saturated heterocycles. The summed E-state index contributed by atoms with van der Waals surface area (Å²) in [5, 5.41) is 14.0. The predicted molar refractivity (Wildman–Crippen MR) is 182 cm³/mol. The fourth-order valence-electron chi connectivity index (χ4n) is 4.06. The number of ether oxygens (including phenoxy) is 1. The van der Waals surface area contributed by atoms with Gasteiger partial charge in [-0.3, -0.25) is 4.79 Å². The average molecular weight is 590 g/mol. The molecule has 0 aliphatic carbocycles. The largest absolute Gasteiger partial charge is 0.481 e. The van der Waals surface area contributed by atoms with Crippen LogP contribution < -0.4 is 15.4 Å². The molecule has 7 heteroatoms. The van der Waals surface area contributed by atoms with Crippen molar-refractivity contribution in [2.75, 3.05) is 19.0 Å². The maximum atomic E-state index is 11.3. The lowest BCUT2D eigenvalue weighted by Crippen LogP contribution is -2.19. The van der Waals surface area contributed by atoms with E-state index in [0.29, 0.717) is 5.88 Å². The fraction of sp³-hybridized carbons (Fsp3) is 0.618. The maximum absolute atomic E-state index is 11.3. The third-order valence-corrected chi connectivity index (χ3v) is 6.22. The molecule has 2 aromatic heterocycles. The normalized spacial score (nSPS) is 11.5. The van der Waals surface area contributed by atoms with Gasteiger partial charge in [0.05, 0.1) is 13.5 Å². The van der Waals surface area contributed by atoms with Gasteiger partial charge in [-0.1, -0.05) is 85.8 Å². The quantitative estimate of drug-likeness (QED) is 0.154. The number of aliphatic carboxylic acids is 1. The van der Waals surface area contributed by atoms with Crippen LogP contribution in [0.25, 0.3) is 0 Å². The lowest BCUT2D eigenvalue weighted by atomic mass is 9.91. The molecule has 0 radical (unpaired) electrons. The van der Waals surface area contributed by atoms with Crippen molar-refractivity contribution >= 4 is 26.3 Å². The molecule has 0 spiro atoms. The Kier molecular flexibility index (Phi) is 27.5. The minimum Gasteiger partial charge on any atom is -0.481 e. The smallest absolute Gasteiger partial charge is 0.303 e. The Hall–Kier alpha value is -2.46. The van der Waals surface area contributed by atoms with E-state index in [0.717, 1.165) is 68.6 Å². The number of methoxy groups -OCH3 is 1. The van der Waals surface area contributed by atoms with Gasteiger partial charge in [0.15, 0.2) is 0 Å². The molecule has 234 valence electrons. The molecule has 2 atom stereocenters. The SMILES string of the molecule is C=CC.CC.CCC.CCC.COc1ccc(C(CCCCCCc2cc(P)c3c(n2)NCCC3)CC(=O)O)cn1. The van der Waals surface area contributed by atoms with Crippen LogP contribution in [0.4, 0.5) is 5.82 Å². The minimum atomic E-state index is -0.767. The summed E-state index contributed by atoms with van der Waals surface area (Å²) in [6.45, 7) is 18.8. The number of hydrogen-bond donors (Lipinski definition) is 2. The van der Waals surface area contributed by atoms with Gasteiger partial charge in [-0.15, -0.1) is 15.8 Å². The van der Waals surface area contributed by atoms with E-state index in [4.69, 9.17) is 9.72 Å².